The number of aryl methyl sites for hydroxylation is 1. The molecule has 0 bridgehead atoms. The van der Waals surface area contributed by atoms with Gasteiger partial charge in [0.2, 0.25) is 11.7 Å². The quantitative estimate of drug-likeness (QED) is 0.735. The number of hydrogen-bond acceptors (Lipinski definition) is 4. The largest absolute Gasteiger partial charge is 0.493 e. The van der Waals surface area contributed by atoms with Crippen LogP contribution in [0.1, 0.15) is 55.3 Å². The second kappa shape index (κ2) is 8.76. The van der Waals surface area contributed by atoms with E-state index in [1.165, 1.54) is 5.56 Å². The molecular formula is C24H31NO4. The zero-order valence-electron chi connectivity index (χ0n) is 18.0. The van der Waals surface area contributed by atoms with Gasteiger partial charge in [0.15, 0.2) is 11.5 Å². The third kappa shape index (κ3) is 4.04. The summed E-state index contributed by atoms with van der Waals surface area (Å²) < 4.78 is 16.3. The fourth-order valence-corrected chi connectivity index (χ4v) is 4.34. The van der Waals surface area contributed by atoms with Crippen LogP contribution >= 0.6 is 0 Å². The first-order valence-corrected chi connectivity index (χ1v) is 10.1. The highest BCUT2D eigenvalue weighted by Crippen LogP contribution is 2.43. The third-order valence-corrected chi connectivity index (χ3v) is 6.00. The molecule has 2 aromatic carbocycles. The molecule has 1 atom stereocenters. The lowest BCUT2D eigenvalue weighted by atomic mass is 9.77. The van der Waals surface area contributed by atoms with Crippen LogP contribution < -0.4 is 19.5 Å². The van der Waals surface area contributed by atoms with Crippen LogP contribution in [0.15, 0.2) is 36.4 Å². The van der Waals surface area contributed by atoms with Crippen molar-refractivity contribution >= 4 is 5.91 Å². The molecule has 1 aliphatic rings. The molecule has 5 heteroatoms. The van der Waals surface area contributed by atoms with Crippen molar-refractivity contribution < 1.29 is 19.0 Å². The first kappa shape index (κ1) is 21.0. The lowest BCUT2D eigenvalue weighted by molar-refractivity contribution is -0.127. The summed E-state index contributed by atoms with van der Waals surface area (Å²) in [5.74, 6) is 1.79. The van der Waals surface area contributed by atoms with Crippen molar-refractivity contribution in [1.82, 2.24) is 5.32 Å². The van der Waals surface area contributed by atoms with Gasteiger partial charge in [0, 0.05) is 0 Å². The lowest BCUT2D eigenvalue weighted by Gasteiger charge is -2.30. The highest BCUT2D eigenvalue weighted by Gasteiger charge is 2.43. The molecule has 3 rings (SSSR count). The highest BCUT2D eigenvalue weighted by atomic mass is 16.5. The van der Waals surface area contributed by atoms with Crippen LogP contribution in [0.5, 0.6) is 17.2 Å². The number of hydrogen-bond donors (Lipinski definition) is 1. The molecule has 0 heterocycles. The average molecular weight is 398 g/mol. The molecule has 0 spiro atoms. The fraction of sp³-hybridized carbons (Fsp3) is 0.458. The van der Waals surface area contributed by atoms with Gasteiger partial charge in [0.05, 0.1) is 32.8 Å². The van der Waals surface area contributed by atoms with E-state index in [2.05, 4.69) is 30.4 Å². The number of amides is 1. The predicted molar refractivity (Wildman–Crippen MR) is 114 cm³/mol. The summed E-state index contributed by atoms with van der Waals surface area (Å²) in [5, 5.41) is 3.25. The first-order valence-electron chi connectivity index (χ1n) is 10.1. The summed E-state index contributed by atoms with van der Waals surface area (Å²) in [5.41, 5.74) is 2.75. The Balaban J connectivity index is 1.89. The Morgan fingerprint density at radius 1 is 1.00 bits per heavy atom. The van der Waals surface area contributed by atoms with E-state index in [1.807, 2.05) is 25.1 Å². The van der Waals surface area contributed by atoms with Gasteiger partial charge in [-0.15, -0.1) is 0 Å². The third-order valence-electron chi connectivity index (χ3n) is 6.00. The normalized spacial score (nSPS) is 16.2. The zero-order chi connectivity index (χ0) is 21.0. The molecular weight excluding hydrogens is 366 g/mol. The van der Waals surface area contributed by atoms with Crippen molar-refractivity contribution in [2.45, 2.75) is 51.0 Å². The maximum absolute atomic E-state index is 13.5. The molecule has 1 aliphatic carbocycles. The smallest absolute Gasteiger partial charge is 0.231 e. The molecule has 156 valence electrons. The topological polar surface area (TPSA) is 56.8 Å². The van der Waals surface area contributed by atoms with Gasteiger partial charge in [-0.1, -0.05) is 42.7 Å². The molecule has 0 aliphatic heterocycles. The van der Waals surface area contributed by atoms with Crippen molar-refractivity contribution in [3.8, 4) is 17.2 Å². The SMILES string of the molecule is COc1cc(C(C)NC(=O)C2(c3cccc(C)c3)CCCC2)cc(OC)c1OC. The van der Waals surface area contributed by atoms with Gasteiger partial charge in [-0.2, -0.15) is 0 Å². The van der Waals surface area contributed by atoms with Gasteiger partial charge in [0.25, 0.3) is 0 Å². The van der Waals surface area contributed by atoms with E-state index in [4.69, 9.17) is 14.2 Å². The van der Waals surface area contributed by atoms with Crippen LogP contribution in [0.2, 0.25) is 0 Å². The summed E-state index contributed by atoms with van der Waals surface area (Å²) in [6.45, 7) is 4.06. The maximum Gasteiger partial charge on any atom is 0.231 e. The van der Waals surface area contributed by atoms with E-state index >= 15 is 0 Å². The molecule has 0 saturated heterocycles. The maximum atomic E-state index is 13.5. The summed E-state index contributed by atoms with van der Waals surface area (Å²) >= 11 is 0. The number of nitrogens with one attached hydrogen (secondary N) is 1. The summed E-state index contributed by atoms with van der Waals surface area (Å²) in [6, 6.07) is 11.9. The molecule has 1 N–H and O–H groups in total. The second-order valence-corrected chi connectivity index (χ2v) is 7.81. The summed E-state index contributed by atoms with van der Waals surface area (Å²) in [4.78, 5) is 13.5. The Labute approximate surface area is 173 Å². The molecule has 29 heavy (non-hydrogen) atoms. The summed E-state index contributed by atoms with van der Waals surface area (Å²) in [7, 11) is 4.77. The molecule has 1 unspecified atom stereocenters. The molecule has 1 amide bonds. The number of carbonyl (C=O) groups is 1. The fourth-order valence-electron chi connectivity index (χ4n) is 4.34. The van der Waals surface area contributed by atoms with Gasteiger partial charge in [0.1, 0.15) is 0 Å². The summed E-state index contributed by atoms with van der Waals surface area (Å²) in [6.07, 6.45) is 3.90. The van der Waals surface area contributed by atoms with Gasteiger partial charge in [-0.25, -0.2) is 0 Å². The van der Waals surface area contributed by atoms with Crippen molar-refractivity contribution in [1.29, 1.82) is 0 Å². The minimum absolute atomic E-state index is 0.0850. The number of ether oxygens (including phenoxy) is 3. The molecule has 1 fully saturated rings. The molecule has 0 aromatic heterocycles. The van der Waals surface area contributed by atoms with E-state index < -0.39 is 5.41 Å². The van der Waals surface area contributed by atoms with Gasteiger partial charge < -0.3 is 19.5 Å². The Bertz CT molecular complexity index is 846. The van der Waals surface area contributed by atoms with Gasteiger partial charge >= 0.3 is 0 Å². The number of methoxy groups -OCH3 is 3. The Hall–Kier alpha value is -2.69. The monoisotopic (exact) mass is 397 g/mol. The minimum atomic E-state index is -0.457. The van der Waals surface area contributed by atoms with Crippen LogP contribution in [0, 0.1) is 6.92 Å². The number of rotatable bonds is 7. The van der Waals surface area contributed by atoms with Gasteiger partial charge in [-0.3, -0.25) is 4.79 Å². The van der Waals surface area contributed by atoms with Crippen molar-refractivity contribution in [3.63, 3.8) is 0 Å². The molecule has 2 aromatic rings. The molecule has 5 nitrogen and oxygen atoms in total. The van der Waals surface area contributed by atoms with Crippen LogP contribution in [0.4, 0.5) is 0 Å². The highest BCUT2D eigenvalue weighted by molar-refractivity contribution is 5.89. The average Bonchev–Trinajstić information content (AvgIpc) is 3.23. The van der Waals surface area contributed by atoms with Crippen molar-refractivity contribution in [2.75, 3.05) is 21.3 Å². The zero-order valence-corrected chi connectivity index (χ0v) is 18.0. The number of carbonyl (C=O) groups excluding carboxylic acids is 1. The Kier molecular flexibility index (Phi) is 6.36. The standard InChI is InChI=1S/C24H31NO4/c1-16-9-8-10-19(13-16)24(11-6-7-12-24)23(26)25-17(2)18-14-20(27-3)22(29-5)21(15-18)28-4/h8-10,13-15,17H,6-7,11-12H2,1-5H3,(H,25,26). The van der Waals surface area contributed by atoms with E-state index in [0.29, 0.717) is 17.2 Å². The van der Waals surface area contributed by atoms with Crippen LogP contribution in [0.25, 0.3) is 0 Å². The first-order chi connectivity index (χ1) is 13.9. The van der Waals surface area contributed by atoms with E-state index in [-0.39, 0.29) is 11.9 Å². The lowest BCUT2D eigenvalue weighted by Crippen LogP contribution is -2.43. The van der Waals surface area contributed by atoms with E-state index in [1.54, 1.807) is 21.3 Å². The van der Waals surface area contributed by atoms with E-state index in [9.17, 15) is 4.79 Å². The Morgan fingerprint density at radius 2 is 1.62 bits per heavy atom. The van der Waals surface area contributed by atoms with Crippen molar-refractivity contribution in [2.24, 2.45) is 0 Å². The van der Waals surface area contributed by atoms with Gasteiger partial charge in [-0.05, 0) is 49.9 Å². The number of benzene rings is 2. The van der Waals surface area contributed by atoms with Crippen LogP contribution in [0.3, 0.4) is 0 Å². The van der Waals surface area contributed by atoms with Crippen LogP contribution in [-0.2, 0) is 10.2 Å². The van der Waals surface area contributed by atoms with Crippen LogP contribution in [-0.4, -0.2) is 27.2 Å². The Morgan fingerprint density at radius 3 is 2.14 bits per heavy atom. The predicted octanol–water partition coefficient (Wildman–Crippen LogP) is 4.71. The van der Waals surface area contributed by atoms with Crippen molar-refractivity contribution in [3.05, 3.63) is 53.1 Å². The van der Waals surface area contributed by atoms with E-state index in [0.717, 1.165) is 36.8 Å². The molecule has 0 radical (unpaired) electrons. The molecule has 1 saturated carbocycles. The minimum Gasteiger partial charge on any atom is -0.493 e. The second-order valence-electron chi connectivity index (χ2n) is 7.81.